The minimum atomic E-state index is 0.405. The van der Waals surface area contributed by atoms with Crippen LogP contribution in [0, 0.1) is 3.57 Å². The lowest BCUT2D eigenvalue weighted by Gasteiger charge is -2.10. The van der Waals surface area contributed by atoms with Crippen LogP contribution in [-0.2, 0) is 6.42 Å². The predicted octanol–water partition coefficient (Wildman–Crippen LogP) is 2.74. The zero-order valence-corrected chi connectivity index (χ0v) is 11.0. The third-order valence-corrected chi connectivity index (χ3v) is 3.07. The molecule has 0 saturated carbocycles. The van der Waals surface area contributed by atoms with E-state index in [1.807, 2.05) is 0 Å². The fraction of sp³-hybridized carbons (Fsp3) is 0.600. The second-order valence-corrected chi connectivity index (χ2v) is 4.71. The van der Waals surface area contributed by atoms with E-state index in [2.05, 4.69) is 53.3 Å². The first-order chi connectivity index (χ1) is 6.56. The maximum Gasteiger partial charge on any atom is 0.140 e. The molecule has 0 amide bonds. The summed E-state index contributed by atoms with van der Waals surface area (Å²) in [5.41, 5.74) is 6.90. The molecule has 0 aliphatic heterocycles. The highest BCUT2D eigenvalue weighted by molar-refractivity contribution is 14.1. The third kappa shape index (κ3) is 2.56. The van der Waals surface area contributed by atoms with Crippen molar-refractivity contribution in [1.82, 2.24) is 9.97 Å². The molecule has 78 valence electrons. The molecule has 0 atom stereocenters. The fourth-order valence-electron chi connectivity index (χ4n) is 1.25. The van der Waals surface area contributed by atoms with Gasteiger partial charge in [-0.1, -0.05) is 20.8 Å². The molecular formula is C10H16IN3. The van der Waals surface area contributed by atoms with Crippen LogP contribution in [0.25, 0.3) is 0 Å². The molecule has 1 heterocycles. The van der Waals surface area contributed by atoms with Crippen LogP contribution < -0.4 is 5.73 Å². The van der Waals surface area contributed by atoms with E-state index >= 15 is 0 Å². The number of nitrogen functional groups attached to an aromatic ring is 1. The first-order valence-electron chi connectivity index (χ1n) is 4.88. The van der Waals surface area contributed by atoms with Crippen molar-refractivity contribution in [3.8, 4) is 0 Å². The smallest absolute Gasteiger partial charge is 0.140 e. The molecule has 0 fully saturated rings. The van der Waals surface area contributed by atoms with Gasteiger partial charge in [0.05, 0.1) is 9.26 Å². The quantitative estimate of drug-likeness (QED) is 0.874. The second-order valence-electron chi connectivity index (χ2n) is 3.63. The molecule has 1 rings (SSSR count). The van der Waals surface area contributed by atoms with Crippen molar-refractivity contribution in [2.75, 3.05) is 5.73 Å². The molecule has 0 aliphatic carbocycles. The van der Waals surface area contributed by atoms with Crippen molar-refractivity contribution in [3.63, 3.8) is 0 Å². The molecule has 2 N–H and O–H groups in total. The number of halogens is 1. The van der Waals surface area contributed by atoms with Crippen molar-refractivity contribution in [2.45, 2.75) is 39.5 Å². The summed E-state index contributed by atoms with van der Waals surface area (Å²) >= 11 is 2.22. The van der Waals surface area contributed by atoms with Crippen LogP contribution in [0.4, 0.5) is 5.82 Å². The number of hydrogen-bond acceptors (Lipinski definition) is 3. The molecule has 0 bridgehead atoms. The number of aromatic nitrogens is 2. The highest BCUT2D eigenvalue weighted by Gasteiger charge is 2.12. The molecule has 1 aromatic rings. The van der Waals surface area contributed by atoms with Gasteiger partial charge < -0.3 is 5.73 Å². The number of nitrogens with zero attached hydrogens (tertiary/aromatic N) is 2. The summed E-state index contributed by atoms with van der Waals surface area (Å²) in [7, 11) is 0. The summed E-state index contributed by atoms with van der Waals surface area (Å²) in [5, 5.41) is 0. The van der Waals surface area contributed by atoms with Crippen molar-refractivity contribution in [3.05, 3.63) is 15.1 Å². The zero-order valence-electron chi connectivity index (χ0n) is 8.84. The summed E-state index contributed by atoms with van der Waals surface area (Å²) < 4.78 is 0.998. The number of anilines is 1. The summed E-state index contributed by atoms with van der Waals surface area (Å²) in [6.07, 6.45) is 1.96. The van der Waals surface area contributed by atoms with Gasteiger partial charge in [-0.3, -0.25) is 0 Å². The molecule has 4 heteroatoms. The molecule has 0 saturated heterocycles. The molecule has 1 aromatic heterocycles. The van der Waals surface area contributed by atoms with Gasteiger partial charge in [-0.15, -0.1) is 0 Å². The highest BCUT2D eigenvalue weighted by atomic mass is 127. The van der Waals surface area contributed by atoms with E-state index in [4.69, 9.17) is 5.73 Å². The molecule has 0 aromatic carbocycles. The van der Waals surface area contributed by atoms with E-state index in [-0.39, 0.29) is 0 Å². The number of hydrogen-bond donors (Lipinski definition) is 1. The van der Waals surface area contributed by atoms with Gasteiger partial charge in [0.25, 0.3) is 0 Å². The monoisotopic (exact) mass is 305 g/mol. The van der Waals surface area contributed by atoms with E-state index in [0.29, 0.717) is 11.7 Å². The van der Waals surface area contributed by atoms with Crippen LogP contribution in [0.15, 0.2) is 0 Å². The lowest BCUT2D eigenvalue weighted by Crippen LogP contribution is -2.08. The number of aryl methyl sites for hydroxylation is 1. The first-order valence-corrected chi connectivity index (χ1v) is 5.95. The van der Waals surface area contributed by atoms with Crippen molar-refractivity contribution < 1.29 is 0 Å². The number of rotatable bonds is 3. The molecule has 0 aliphatic rings. The normalized spacial score (nSPS) is 10.9. The van der Waals surface area contributed by atoms with Gasteiger partial charge in [0.15, 0.2) is 0 Å². The third-order valence-electron chi connectivity index (χ3n) is 1.97. The summed E-state index contributed by atoms with van der Waals surface area (Å²) in [6, 6.07) is 0. The highest BCUT2D eigenvalue weighted by Crippen LogP contribution is 2.23. The van der Waals surface area contributed by atoms with Gasteiger partial charge in [0.1, 0.15) is 11.6 Å². The molecular weight excluding hydrogens is 289 g/mol. The summed E-state index contributed by atoms with van der Waals surface area (Å²) in [6.45, 7) is 6.37. The summed E-state index contributed by atoms with van der Waals surface area (Å²) in [4.78, 5) is 8.79. The minimum Gasteiger partial charge on any atom is -0.383 e. The second kappa shape index (κ2) is 4.91. The van der Waals surface area contributed by atoms with Crippen molar-refractivity contribution in [2.24, 2.45) is 0 Å². The van der Waals surface area contributed by atoms with E-state index in [0.717, 1.165) is 27.9 Å². The van der Waals surface area contributed by atoms with Crippen LogP contribution in [0.5, 0.6) is 0 Å². The van der Waals surface area contributed by atoms with Crippen LogP contribution in [0.2, 0.25) is 0 Å². The Bertz CT molecular complexity index is 323. The molecule has 3 nitrogen and oxygen atoms in total. The standard InChI is InChI=1S/C10H16IN3/c1-4-5-7-13-9(6(2)3)8(11)10(12)14-7/h6H,4-5H2,1-3H3,(H2,12,13,14). The molecule has 0 radical (unpaired) electrons. The Morgan fingerprint density at radius 1 is 1.36 bits per heavy atom. The van der Waals surface area contributed by atoms with Gasteiger partial charge in [-0.25, -0.2) is 9.97 Å². The lowest BCUT2D eigenvalue weighted by molar-refractivity contribution is 0.759. The Labute approximate surface area is 98.7 Å². The Kier molecular flexibility index (Phi) is 4.10. The average molecular weight is 305 g/mol. The zero-order chi connectivity index (χ0) is 10.7. The van der Waals surface area contributed by atoms with Gasteiger partial charge in [0, 0.05) is 6.42 Å². The SMILES string of the molecule is CCCc1nc(N)c(I)c(C(C)C)n1. The minimum absolute atomic E-state index is 0.405. The molecule has 0 spiro atoms. The molecule has 14 heavy (non-hydrogen) atoms. The number of nitrogens with two attached hydrogens (primary N) is 1. The topological polar surface area (TPSA) is 51.8 Å². The van der Waals surface area contributed by atoms with E-state index in [1.54, 1.807) is 0 Å². The van der Waals surface area contributed by atoms with Gasteiger partial charge in [0.2, 0.25) is 0 Å². The Hall–Kier alpha value is -0.390. The maximum atomic E-state index is 5.83. The van der Waals surface area contributed by atoms with Gasteiger partial charge >= 0.3 is 0 Å². The van der Waals surface area contributed by atoms with Gasteiger partial charge in [-0.2, -0.15) is 0 Å². The van der Waals surface area contributed by atoms with Crippen LogP contribution in [-0.4, -0.2) is 9.97 Å². The van der Waals surface area contributed by atoms with Crippen molar-refractivity contribution in [1.29, 1.82) is 0 Å². The van der Waals surface area contributed by atoms with Crippen LogP contribution in [0.1, 0.15) is 44.6 Å². The van der Waals surface area contributed by atoms with E-state index in [9.17, 15) is 0 Å². The van der Waals surface area contributed by atoms with Crippen molar-refractivity contribution >= 4 is 28.4 Å². The lowest BCUT2D eigenvalue weighted by atomic mass is 10.1. The van der Waals surface area contributed by atoms with Gasteiger partial charge in [-0.05, 0) is 34.9 Å². The molecule has 0 unspecified atom stereocenters. The van der Waals surface area contributed by atoms with E-state index < -0.39 is 0 Å². The van der Waals surface area contributed by atoms with E-state index in [1.165, 1.54) is 0 Å². The average Bonchev–Trinajstić information content (AvgIpc) is 2.11. The van der Waals surface area contributed by atoms with Crippen LogP contribution >= 0.6 is 22.6 Å². The Morgan fingerprint density at radius 3 is 2.50 bits per heavy atom. The first kappa shape index (κ1) is 11.7. The predicted molar refractivity (Wildman–Crippen MR) is 67.2 cm³/mol. The fourth-order valence-corrected chi connectivity index (χ4v) is 2.11. The Morgan fingerprint density at radius 2 is 2.00 bits per heavy atom. The summed E-state index contributed by atoms with van der Waals surface area (Å²) in [5.74, 6) is 1.89. The largest absolute Gasteiger partial charge is 0.383 e. The Balaban J connectivity index is 3.14. The maximum absolute atomic E-state index is 5.83. The van der Waals surface area contributed by atoms with Crippen LogP contribution in [0.3, 0.4) is 0 Å².